The minimum absolute atomic E-state index is 0.0435. The van der Waals surface area contributed by atoms with Crippen molar-refractivity contribution < 1.29 is 38.7 Å². The Morgan fingerprint density at radius 3 is 2.47 bits per heavy atom. The topological polar surface area (TPSA) is 115 Å². The maximum absolute atomic E-state index is 12.5. The molecule has 7 rings (SSSR count). The fourth-order valence-electron chi connectivity index (χ4n) is 12.8. The predicted octanol–water partition coefficient (Wildman–Crippen LogP) is 5.38. The molecule has 1 amide bonds. The number of aliphatic hydroxyl groups is 2. The number of carbonyl (C=O) groups is 2. The molecular weight excluding hydrogens is 598 g/mol. The zero-order chi connectivity index (χ0) is 34.1. The van der Waals surface area contributed by atoms with Crippen molar-refractivity contribution in [2.24, 2.45) is 44.8 Å². The number of fused-ring (bicyclic) bond motifs is 4. The van der Waals surface area contributed by atoms with E-state index in [-0.39, 0.29) is 51.8 Å². The number of esters is 1. The monoisotopic (exact) mass is 656 g/mol. The standard InChI is InChI=1S/C38H58NO8/c1-21-18-24(32(34(6,7)43)45-23(3)41)46-30-29(21)35(8)14-15-38-20-37(38)13-12-27(47-28-19-39(22(2)40)16-17-44-28)33(4,5)25(37)10-11-26(38)36(35,9)31(30)42/h21,25,27-29,31-32,42-43H,10-20H2,1-9H3/t21-,25+,27?,28+,29+,31+,32+,35-,36-,37-,38+/m1/s1. The van der Waals surface area contributed by atoms with E-state index in [1.807, 2.05) is 4.90 Å². The van der Waals surface area contributed by atoms with E-state index in [2.05, 4.69) is 34.6 Å². The maximum atomic E-state index is 12.5. The summed E-state index contributed by atoms with van der Waals surface area (Å²) < 4.78 is 25.0. The van der Waals surface area contributed by atoms with E-state index in [1.165, 1.54) is 13.3 Å². The van der Waals surface area contributed by atoms with Gasteiger partial charge in [-0.05, 0) is 105 Å². The van der Waals surface area contributed by atoms with Crippen LogP contribution in [0.3, 0.4) is 0 Å². The number of aliphatic hydroxyl groups excluding tert-OH is 1. The van der Waals surface area contributed by atoms with Gasteiger partial charge in [0.1, 0.15) is 12.2 Å². The molecule has 263 valence electrons. The second kappa shape index (κ2) is 10.9. The number of carbonyl (C=O) groups excluding carboxylic acids is 2. The minimum Gasteiger partial charge on any atom is -0.456 e. The van der Waals surface area contributed by atoms with Crippen molar-refractivity contribution in [3.05, 3.63) is 18.1 Å². The molecule has 0 bridgehead atoms. The molecule has 9 heteroatoms. The minimum atomic E-state index is -1.32. The van der Waals surface area contributed by atoms with Crippen molar-refractivity contribution >= 4 is 11.9 Å². The summed E-state index contributed by atoms with van der Waals surface area (Å²) in [6.45, 7) is 19.6. The Morgan fingerprint density at radius 2 is 1.81 bits per heavy atom. The average molecular weight is 657 g/mol. The first-order valence-corrected chi connectivity index (χ1v) is 18.2. The fraction of sp³-hybridized carbons (Fsp3) is 0.868. The van der Waals surface area contributed by atoms with Crippen molar-refractivity contribution in [2.45, 2.75) is 144 Å². The summed E-state index contributed by atoms with van der Waals surface area (Å²) in [4.78, 5) is 25.9. The lowest BCUT2D eigenvalue weighted by molar-refractivity contribution is -0.242. The lowest BCUT2D eigenvalue weighted by Crippen LogP contribution is -2.59. The van der Waals surface area contributed by atoms with Crippen LogP contribution in [0, 0.1) is 63.0 Å². The van der Waals surface area contributed by atoms with Gasteiger partial charge in [-0.1, -0.05) is 34.6 Å². The summed E-state index contributed by atoms with van der Waals surface area (Å²) in [5.41, 5.74) is -1.61. The highest BCUT2D eigenvalue weighted by atomic mass is 16.7. The van der Waals surface area contributed by atoms with Crippen LogP contribution in [0.2, 0.25) is 0 Å². The Hall–Kier alpha value is -1.26. The lowest BCUT2D eigenvalue weighted by atomic mass is 9.41. The second-order valence-electron chi connectivity index (χ2n) is 18.0. The number of rotatable bonds is 5. The van der Waals surface area contributed by atoms with E-state index < -0.39 is 29.2 Å². The number of hydrogen-bond acceptors (Lipinski definition) is 8. The van der Waals surface area contributed by atoms with Crippen molar-refractivity contribution in [3.8, 4) is 0 Å². The molecule has 0 aromatic heterocycles. The third-order valence-electron chi connectivity index (χ3n) is 15.0. The SMILES string of the molecule is CC(=O)O[C@@H]([C]1C[C@@H](C)[C@H]2[C](O1)[C@H](O)[C@@]1(C)[C]3CC[C@H]4C(C)(C)C(O[C@H]5CN(C(C)=O)CCO5)CC[C@@]45C[C@@]35CC[C@]21C)C(C)(C)O. The Morgan fingerprint density at radius 1 is 1.09 bits per heavy atom. The molecule has 0 aromatic rings. The van der Waals surface area contributed by atoms with Crippen molar-refractivity contribution in [2.75, 3.05) is 19.7 Å². The molecule has 9 nitrogen and oxygen atoms in total. The molecule has 5 aliphatic carbocycles. The van der Waals surface area contributed by atoms with Crippen LogP contribution in [0.4, 0.5) is 0 Å². The van der Waals surface area contributed by atoms with Crippen LogP contribution >= 0.6 is 0 Å². The van der Waals surface area contributed by atoms with Crippen LogP contribution in [-0.2, 0) is 28.5 Å². The molecule has 7 aliphatic rings. The molecule has 5 saturated carbocycles. The third kappa shape index (κ3) is 4.64. The predicted molar refractivity (Wildman–Crippen MR) is 173 cm³/mol. The summed E-state index contributed by atoms with van der Waals surface area (Å²) in [6.07, 6.45) is 7.36. The summed E-state index contributed by atoms with van der Waals surface area (Å²) in [6, 6.07) is 0. The molecule has 7 fully saturated rings. The first-order chi connectivity index (χ1) is 21.8. The van der Waals surface area contributed by atoms with Gasteiger partial charge in [0.25, 0.3) is 0 Å². The van der Waals surface area contributed by atoms with E-state index in [0.717, 1.165) is 38.5 Å². The largest absolute Gasteiger partial charge is 0.456 e. The van der Waals surface area contributed by atoms with Crippen molar-refractivity contribution in [1.82, 2.24) is 4.90 Å². The van der Waals surface area contributed by atoms with Gasteiger partial charge >= 0.3 is 5.97 Å². The molecule has 3 radical (unpaired) electrons. The van der Waals surface area contributed by atoms with Crippen molar-refractivity contribution in [3.63, 3.8) is 0 Å². The van der Waals surface area contributed by atoms with Gasteiger partial charge in [0.15, 0.2) is 12.4 Å². The molecule has 11 atom stereocenters. The molecule has 47 heavy (non-hydrogen) atoms. The number of morpholine rings is 1. The zero-order valence-electron chi connectivity index (χ0n) is 30.1. The molecule has 2 spiro atoms. The van der Waals surface area contributed by atoms with Crippen LogP contribution < -0.4 is 0 Å². The zero-order valence-corrected chi connectivity index (χ0v) is 30.1. The summed E-state index contributed by atoms with van der Waals surface area (Å²) in [7, 11) is 0. The van der Waals surface area contributed by atoms with E-state index in [9.17, 15) is 19.8 Å². The number of amides is 1. The van der Waals surface area contributed by atoms with Crippen molar-refractivity contribution in [1.29, 1.82) is 0 Å². The van der Waals surface area contributed by atoms with Crippen LogP contribution in [0.25, 0.3) is 0 Å². The average Bonchev–Trinajstić information content (AvgIpc) is 3.61. The van der Waals surface area contributed by atoms with E-state index in [0.29, 0.717) is 44.2 Å². The van der Waals surface area contributed by atoms with Gasteiger partial charge in [-0.3, -0.25) is 9.59 Å². The molecule has 2 N–H and O–H groups in total. The normalized spacial score (nSPS) is 47.2. The van der Waals surface area contributed by atoms with Gasteiger partial charge in [-0.15, -0.1) is 0 Å². The smallest absolute Gasteiger partial charge is 0.303 e. The van der Waals surface area contributed by atoms with Gasteiger partial charge in [0.05, 0.1) is 31.0 Å². The van der Waals surface area contributed by atoms with E-state index in [1.54, 1.807) is 26.7 Å². The van der Waals surface area contributed by atoms with E-state index in [4.69, 9.17) is 18.9 Å². The Kier molecular flexibility index (Phi) is 7.91. The van der Waals surface area contributed by atoms with Crippen LogP contribution in [0.5, 0.6) is 0 Å². The Bertz CT molecular complexity index is 1280. The first-order valence-electron chi connectivity index (χ1n) is 18.2. The van der Waals surface area contributed by atoms with E-state index >= 15 is 0 Å². The summed E-state index contributed by atoms with van der Waals surface area (Å²) >= 11 is 0. The van der Waals surface area contributed by atoms with Gasteiger partial charge in [-0.25, -0.2) is 0 Å². The van der Waals surface area contributed by atoms with Gasteiger partial charge in [0, 0.05) is 31.7 Å². The Balaban J connectivity index is 1.13. The number of ether oxygens (including phenoxy) is 4. The second-order valence-corrected chi connectivity index (χ2v) is 18.0. The number of hydrogen-bond donors (Lipinski definition) is 2. The van der Waals surface area contributed by atoms with Crippen LogP contribution in [0.15, 0.2) is 0 Å². The maximum Gasteiger partial charge on any atom is 0.303 e. The summed E-state index contributed by atoms with van der Waals surface area (Å²) in [5.74, 6) is 1.92. The quantitative estimate of drug-likeness (QED) is 0.380. The third-order valence-corrected chi connectivity index (χ3v) is 15.0. The molecule has 2 heterocycles. The van der Waals surface area contributed by atoms with Gasteiger partial charge < -0.3 is 34.1 Å². The van der Waals surface area contributed by atoms with Crippen LogP contribution in [0.1, 0.15) is 114 Å². The lowest BCUT2D eigenvalue weighted by Gasteiger charge is -2.63. The fourth-order valence-corrected chi connectivity index (χ4v) is 12.8. The van der Waals surface area contributed by atoms with Gasteiger partial charge in [0.2, 0.25) is 5.91 Å². The molecule has 2 aliphatic heterocycles. The highest BCUT2D eigenvalue weighted by molar-refractivity contribution is 5.73. The first kappa shape index (κ1) is 34.2. The highest BCUT2D eigenvalue weighted by Gasteiger charge is 2.85. The molecular formula is C38H58NO8. The molecule has 1 unspecified atom stereocenters. The number of nitrogens with zero attached hydrogens (tertiary/aromatic N) is 1. The van der Waals surface area contributed by atoms with Crippen LogP contribution in [-0.4, -0.2) is 76.9 Å². The Labute approximate surface area is 281 Å². The van der Waals surface area contributed by atoms with Gasteiger partial charge in [-0.2, -0.15) is 0 Å². The molecule has 0 aromatic carbocycles. The highest BCUT2D eigenvalue weighted by Crippen LogP contribution is 2.90. The molecule has 2 saturated heterocycles. The summed E-state index contributed by atoms with van der Waals surface area (Å²) in [5, 5.41) is 23.5.